The van der Waals surface area contributed by atoms with Gasteiger partial charge in [-0.05, 0) is 19.8 Å². The summed E-state index contributed by atoms with van der Waals surface area (Å²) in [5.74, 6) is 0.248. The van der Waals surface area contributed by atoms with Gasteiger partial charge in [-0.2, -0.15) is 0 Å². The van der Waals surface area contributed by atoms with Crippen molar-refractivity contribution in [1.82, 2.24) is 20.2 Å². The fourth-order valence-electron chi connectivity index (χ4n) is 1.57. The molecule has 2 aromatic heterocycles. The van der Waals surface area contributed by atoms with Crippen LogP contribution in [-0.2, 0) is 17.6 Å². The van der Waals surface area contributed by atoms with Crippen LogP contribution >= 0.6 is 11.3 Å². The molecule has 0 unspecified atom stereocenters. The number of aryl methyl sites for hydroxylation is 2. The highest BCUT2D eigenvalue weighted by atomic mass is 32.1. The van der Waals surface area contributed by atoms with Crippen molar-refractivity contribution in [2.75, 3.05) is 12.3 Å². The Bertz CT molecular complexity index is 551. The molecule has 0 saturated heterocycles. The van der Waals surface area contributed by atoms with Crippen LogP contribution in [0.4, 0.5) is 5.13 Å². The Morgan fingerprint density at radius 3 is 3.00 bits per heavy atom. The molecule has 19 heavy (non-hydrogen) atoms. The number of hydrogen-bond acceptors (Lipinski definition) is 7. The Kier molecular flexibility index (Phi) is 4.45. The summed E-state index contributed by atoms with van der Waals surface area (Å²) in [6.45, 7) is 2.05. The van der Waals surface area contributed by atoms with Gasteiger partial charge in [-0.25, -0.2) is 14.8 Å². The third-order valence-corrected chi connectivity index (χ3v) is 3.13. The van der Waals surface area contributed by atoms with Crippen LogP contribution in [0.15, 0.2) is 5.38 Å². The Morgan fingerprint density at radius 2 is 2.32 bits per heavy atom. The van der Waals surface area contributed by atoms with E-state index in [1.54, 1.807) is 6.92 Å². The lowest BCUT2D eigenvalue weighted by Crippen LogP contribution is -2.06. The monoisotopic (exact) mass is 281 g/mol. The number of hydrogen-bond donors (Lipinski definition) is 2. The van der Waals surface area contributed by atoms with Gasteiger partial charge in [0.1, 0.15) is 5.82 Å². The summed E-state index contributed by atoms with van der Waals surface area (Å²) in [6, 6.07) is 0. The average molecular weight is 281 g/mol. The van der Waals surface area contributed by atoms with Crippen LogP contribution in [0.1, 0.15) is 35.5 Å². The number of carbonyl (C=O) groups is 1. The molecular weight excluding hydrogens is 266 g/mol. The van der Waals surface area contributed by atoms with Crippen LogP contribution in [0.25, 0.3) is 0 Å². The van der Waals surface area contributed by atoms with Gasteiger partial charge in [0, 0.05) is 11.8 Å². The maximum absolute atomic E-state index is 11.4. The summed E-state index contributed by atoms with van der Waals surface area (Å²) in [4.78, 5) is 19.6. The van der Waals surface area contributed by atoms with Gasteiger partial charge < -0.3 is 10.5 Å². The highest BCUT2D eigenvalue weighted by Gasteiger charge is 2.13. The number of anilines is 1. The number of ether oxygens (including phenoxy) is 1. The van der Waals surface area contributed by atoms with E-state index in [0.29, 0.717) is 24.0 Å². The summed E-state index contributed by atoms with van der Waals surface area (Å²) < 4.78 is 4.81. The minimum absolute atomic E-state index is 0.0785. The number of nitrogen functional groups attached to an aromatic ring is 1. The van der Waals surface area contributed by atoms with E-state index in [-0.39, 0.29) is 5.82 Å². The second-order valence-corrected chi connectivity index (χ2v) is 4.75. The first kappa shape index (κ1) is 13.5. The normalized spacial score (nSPS) is 10.6. The predicted octanol–water partition coefficient (Wildman–Crippen LogP) is 1.20. The molecule has 2 aromatic rings. The number of nitrogens with one attached hydrogen (secondary N) is 1. The third-order valence-electron chi connectivity index (χ3n) is 2.41. The molecule has 0 spiro atoms. The lowest BCUT2D eigenvalue weighted by atomic mass is 10.2. The molecule has 7 nitrogen and oxygen atoms in total. The fraction of sp³-hybridized carbons (Fsp3) is 0.455. The zero-order chi connectivity index (χ0) is 13.7. The second-order valence-electron chi connectivity index (χ2n) is 3.86. The van der Waals surface area contributed by atoms with E-state index in [9.17, 15) is 4.79 Å². The minimum atomic E-state index is -0.503. The van der Waals surface area contributed by atoms with Gasteiger partial charge in [-0.1, -0.05) is 0 Å². The molecule has 0 aliphatic rings. The minimum Gasteiger partial charge on any atom is -0.460 e. The number of H-pyrrole nitrogens is 1. The molecule has 0 atom stereocenters. The van der Waals surface area contributed by atoms with Crippen LogP contribution in [0, 0.1) is 0 Å². The maximum atomic E-state index is 11.4. The van der Waals surface area contributed by atoms with E-state index < -0.39 is 5.97 Å². The highest BCUT2D eigenvalue weighted by Crippen LogP contribution is 2.13. The van der Waals surface area contributed by atoms with E-state index in [0.717, 1.165) is 18.5 Å². The molecule has 2 rings (SSSR count). The first-order valence-corrected chi connectivity index (χ1v) is 6.85. The number of esters is 1. The van der Waals surface area contributed by atoms with Gasteiger partial charge >= 0.3 is 5.97 Å². The number of rotatable bonds is 6. The van der Waals surface area contributed by atoms with E-state index >= 15 is 0 Å². The molecule has 0 saturated carbocycles. The van der Waals surface area contributed by atoms with Crippen molar-refractivity contribution in [2.45, 2.75) is 26.2 Å². The predicted molar refractivity (Wildman–Crippen MR) is 70.9 cm³/mol. The van der Waals surface area contributed by atoms with Crippen LogP contribution in [0.5, 0.6) is 0 Å². The van der Waals surface area contributed by atoms with Crippen molar-refractivity contribution in [3.63, 3.8) is 0 Å². The van der Waals surface area contributed by atoms with Crippen molar-refractivity contribution in [3.8, 4) is 0 Å². The lowest BCUT2D eigenvalue weighted by Gasteiger charge is -1.95. The van der Waals surface area contributed by atoms with Crippen molar-refractivity contribution in [2.24, 2.45) is 0 Å². The Hall–Kier alpha value is -1.96. The lowest BCUT2D eigenvalue weighted by molar-refractivity contribution is 0.0512. The summed E-state index contributed by atoms with van der Waals surface area (Å²) in [5, 5.41) is 9.08. The van der Waals surface area contributed by atoms with Gasteiger partial charge in [0.25, 0.3) is 5.82 Å². The quantitative estimate of drug-likeness (QED) is 0.770. The van der Waals surface area contributed by atoms with Crippen molar-refractivity contribution in [1.29, 1.82) is 0 Å². The number of aromatic amines is 1. The standard InChI is InChI=1S/C11H15N5O2S/c1-2-18-10(17)9-14-8(15-16-9)5-3-4-7-6-19-11(12)13-7/h6H,2-5H2,1H3,(H2,12,13)(H,14,15,16). The number of thiazole rings is 1. The number of nitrogens with two attached hydrogens (primary N) is 1. The molecule has 0 bridgehead atoms. The average Bonchev–Trinajstić information content (AvgIpc) is 2.99. The molecule has 8 heteroatoms. The Labute approximate surface area is 114 Å². The number of aromatic nitrogens is 4. The smallest absolute Gasteiger partial charge is 0.378 e. The molecule has 102 valence electrons. The molecule has 3 N–H and O–H groups in total. The largest absolute Gasteiger partial charge is 0.460 e. The molecular formula is C11H15N5O2S. The second kappa shape index (κ2) is 6.28. The van der Waals surface area contributed by atoms with Gasteiger partial charge in [0.15, 0.2) is 5.13 Å². The zero-order valence-corrected chi connectivity index (χ0v) is 11.4. The van der Waals surface area contributed by atoms with Gasteiger partial charge in [0.2, 0.25) is 0 Å². The molecule has 0 aromatic carbocycles. The molecule has 0 radical (unpaired) electrons. The van der Waals surface area contributed by atoms with E-state index in [1.165, 1.54) is 11.3 Å². The van der Waals surface area contributed by atoms with Crippen LogP contribution in [-0.4, -0.2) is 32.7 Å². The third kappa shape index (κ3) is 3.75. The van der Waals surface area contributed by atoms with Crippen molar-refractivity contribution in [3.05, 3.63) is 22.7 Å². The molecule has 0 aliphatic heterocycles. The van der Waals surface area contributed by atoms with E-state index in [4.69, 9.17) is 10.5 Å². The van der Waals surface area contributed by atoms with E-state index in [1.807, 2.05) is 5.38 Å². The van der Waals surface area contributed by atoms with Crippen LogP contribution in [0.2, 0.25) is 0 Å². The zero-order valence-electron chi connectivity index (χ0n) is 10.5. The van der Waals surface area contributed by atoms with Crippen molar-refractivity contribution < 1.29 is 9.53 Å². The van der Waals surface area contributed by atoms with E-state index in [2.05, 4.69) is 20.2 Å². The number of carbonyl (C=O) groups excluding carboxylic acids is 1. The van der Waals surface area contributed by atoms with Gasteiger partial charge in [-0.3, -0.25) is 5.10 Å². The van der Waals surface area contributed by atoms with Crippen molar-refractivity contribution >= 4 is 22.4 Å². The summed E-state index contributed by atoms with van der Waals surface area (Å²) in [7, 11) is 0. The Morgan fingerprint density at radius 1 is 1.47 bits per heavy atom. The summed E-state index contributed by atoms with van der Waals surface area (Å²) in [6.07, 6.45) is 2.38. The van der Waals surface area contributed by atoms with Gasteiger partial charge in [-0.15, -0.1) is 16.4 Å². The molecule has 2 heterocycles. The summed E-state index contributed by atoms with van der Waals surface area (Å²) in [5.41, 5.74) is 6.53. The SMILES string of the molecule is CCOC(=O)c1n[nH]c(CCCc2csc(N)n2)n1. The molecule has 0 aliphatic carbocycles. The number of nitrogens with zero attached hydrogens (tertiary/aromatic N) is 3. The van der Waals surface area contributed by atoms with Crippen LogP contribution in [0.3, 0.4) is 0 Å². The molecule has 0 amide bonds. The topological polar surface area (TPSA) is 107 Å². The highest BCUT2D eigenvalue weighted by molar-refractivity contribution is 7.13. The fourth-order valence-corrected chi connectivity index (χ4v) is 2.17. The molecule has 0 fully saturated rings. The first-order valence-electron chi connectivity index (χ1n) is 5.97. The Balaban J connectivity index is 1.81. The van der Waals surface area contributed by atoms with Crippen LogP contribution < -0.4 is 5.73 Å². The first-order chi connectivity index (χ1) is 9.19. The maximum Gasteiger partial charge on any atom is 0.378 e. The summed E-state index contributed by atoms with van der Waals surface area (Å²) >= 11 is 1.43. The van der Waals surface area contributed by atoms with Gasteiger partial charge in [0.05, 0.1) is 12.3 Å².